The maximum atomic E-state index is 12.7. The van der Waals surface area contributed by atoms with E-state index in [1.54, 1.807) is 4.90 Å². The molecule has 1 atom stereocenters. The standard InChI is InChI=1S/C18H26N2O5S2/c1-15-3-2-4-16(13-15)5-6-18(21)19-8-10-20(11-9-19)27(24,25)17-7-12-26(22,23)14-17/h2-4,13,17H,5-12,14H2,1H3. The summed E-state index contributed by atoms with van der Waals surface area (Å²) < 4.78 is 49.8. The maximum absolute atomic E-state index is 12.7. The predicted molar refractivity (Wildman–Crippen MR) is 104 cm³/mol. The van der Waals surface area contributed by atoms with E-state index < -0.39 is 25.1 Å². The van der Waals surface area contributed by atoms with E-state index in [0.717, 1.165) is 11.1 Å². The molecule has 0 bridgehead atoms. The molecule has 2 fully saturated rings. The Morgan fingerprint density at radius 1 is 1.19 bits per heavy atom. The van der Waals surface area contributed by atoms with Gasteiger partial charge in [-0.15, -0.1) is 0 Å². The number of piperazine rings is 1. The van der Waals surface area contributed by atoms with Gasteiger partial charge in [-0.25, -0.2) is 16.8 Å². The summed E-state index contributed by atoms with van der Waals surface area (Å²) in [5, 5.41) is -0.842. The van der Waals surface area contributed by atoms with Crippen molar-refractivity contribution in [3.05, 3.63) is 35.4 Å². The fourth-order valence-corrected chi connectivity index (χ4v) is 8.19. The molecule has 1 unspecified atom stereocenters. The lowest BCUT2D eigenvalue weighted by molar-refractivity contribution is -0.132. The summed E-state index contributed by atoms with van der Waals surface area (Å²) in [5.41, 5.74) is 2.28. The molecule has 0 aromatic heterocycles. The number of aryl methyl sites for hydroxylation is 2. The summed E-state index contributed by atoms with van der Waals surface area (Å²) in [6.45, 7) is 3.18. The van der Waals surface area contributed by atoms with Crippen LogP contribution in [0.25, 0.3) is 0 Å². The van der Waals surface area contributed by atoms with Gasteiger partial charge in [-0.3, -0.25) is 4.79 Å². The molecule has 1 aromatic carbocycles. The Morgan fingerprint density at radius 2 is 1.89 bits per heavy atom. The number of hydrogen-bond donors (Lipinski definition) is 0. The van der Waals surface area contributed by atoms with Crippen molar-refractivity contribution in [3.63, 3.8) is 0 Å². The minimum Gasteiger partial charge on any atom is -0.340 e. The van der Waals surface area contributed by atoms with Crippen molar-refractivity contribution in [3.8, 4) is 0 Å². The van der Waals surface area contributed by atoms with E-state index in [2.05, 4.69) is 6.07 Å². The zero-order valence-electron chi connectivity index (χ0n) is 15.5. The summed E-state index contributed by atoms with van der Waals surface area (Å²) in [4.78, 5) is 14.1. The Hall–Kier alpha value is -1.45. The van der Waals surface area contributed by atoms with Crippen LogP contribution in [0.15, 0.2) is 24.3 Å². The third kappa shape index (κ3) is 4.89. The predicted octanol–water partition coefficient (Wildman–Crippen LogP) is 0.589. The highest BCUT2D eigenvalue weighted by atomic mass is 32.2. The fourth-order valence-electron chi connectivity index (χ4n) is 3.68. The normalized spacial score (nSPS) is 23.4. The smallest absolute Gasteiger partial charge is 0.222 e. The van der Waals surface area contributed by atoms with Crippen LogP contribution in [0.2, 0.25) is 0 Å². The maximum Gasteiger partial charge on any atom is 0.222 e. The monoisotopic (exact) mass is 414 g/mol. The van der Waals surface area contributed by atoms with Crippen LogP contribution in [-0.2, 0) is 31.1 Å². The molecule has 1 amide bonds. The second-order valence-electron chi connectivity index (χ2n) is 7.34. The number of nitrogens with zero attached hydrogens (tertiary/aromatic N) is 2. The first-order chi connectivity index (χ1) is 12.7. The molecule has 0 N–H and O–H groups in total. The van der Waals surface area contributed by atoms with E-state index in [1.807, 2.05) is 25.1 Å². The highest BCUT2D eigenvalue weighted by molar-refractivity contribution is 7.95. The largest absolute Gasteiger partial charge is 0.340 e. The van der Waals surface area contributed by atoms with Gasteiger partial charge in [0.05, 0.1) is 16.8 Å². The minimum absolute atomic E-state index is 0.0250. The summed E-state index contributed by atoms with van der Waals surface area (Å²) in [6.07, 6.45) is 1.23. The molecule has 1 aromatic rings. The molecule has 0 radical (unpaired) electrons. The van der Waals surface area contributed by atoms with Crippen molar-refractivity contribution >= 4 is 25.8 Å². The van der Waals surface area contributed by atoms with Gasteiger partial charge in [0.2, 0.25) is 15.9 Å². The van der Waals surface area contributed by atoms with Crippen molar-refractivity contribution in [2.45, 2.75) is 31.4 Å². The van der Waals surface area contributed by atoms with Gasteiger partial charge in [0.1, 0.15) is 0 Å². The van der Waals surface area contributed by atoms with E-state index in [9.17, 15) is 21.6 Å². The lowest BCUT2D eigenvalue weighted by atomic mass is 10.1. The third-order valence-electron chi connectivity index (χ3n) is 5.27. The quantitative estimate of drug-likeness (QED) is 0.703. The van der Waals surface area contributed by atoms with Gasteiger partial charge in [0, 0.05) is 32.6 Å². The summed E-state index contributed by atoms with van der Waals surface area (Å²) in [6, 6.07) is 8.05. The van der Waals surface area contributed by atoms with Crippen molar-refractivity contribution in [2.75, 3.05) is 37.7 Å². The Kier molecular flexibility index (Phi) is 5.93. The van der Waals surface area contributed by atoms with E-state index in [1.165, 1.54) is 4.31 Å². The highest BCUT2D eigenvalue weighted by Gasteiger charge is 2.41. The first-order valence-electron chi connectivity index (χ1n) is 9.20. The van der Waals surface area contributed by atoms with Crippen LogP contribution in [0.3, 0.4) is 0 Å². The molecule has 0 aliphatic carbocycles. The van der Waals surface area contributed by atoms with Crippen molar-refractivity contribution in [1.29, 1.82) is 0 Å². The Morgan fingerprint density at radius 3 is 2.48 bits per heavy atom. The van der Waals surface area contributed by atoms with E-state index in [-0.39, 0.29) is 36.9 Å². The van der Waals surface area contributed by atoms with Crippen LogP contribution >= 0.6 is 0 Å². The molecule has 9 heteroatoms. The Labute approximate surface area is 161 Å². The van der Waals surface area contributed by atoms with Crippen molar-refractivity contribution < 1.29 is 21.6 Å². The zero-order chi connectivity index (χ0) is 19.7. The fraction of sp³-hybridized carbons (Fsp3) is 0.611. The van der Waals surface area contributed by atoms with Crippen LogP contribution in [0.5, 0.6) is 0 Å². The highest BCUT2D eigenvalue weighted by Crippen LogP contribution is 2.23. The molecular weight excluding hydrogens is 388 g/mol. The summed E-state index contributed by atoms with van der Waals surface area (Å²) in [5.74, 6) is -0.323. The number of sulfone groups is 1. The van der Waals surface area contributed by atoms with Crippen LogP contribution < -0.4 is 0 Å². The molecular formula is C18H26N2O5S2. The van der Waals surface area contributed by atoms with Gasteiger partial charge >= 0.3 is 0 Å². The SMILES string of the molecule is Cc1cccc(CCC(=O)N2CCN(S(=O)(=O)C3CCS(=O)(=O)C3)CC2)c1. The average Bonchev–Trinajstić information content (AvgIpc) is 3.00. The van der Waals surface area contributed by atoms with Crippen molar-refractivity contribution in [2.24, 2.45) is 0 Å². The van der Waals surface area contributed by atoms with E-state index >= 15 is 0 Å². The first kappa shape index (κ1) is 20.3. The summed E-state index contributed by atoms with van der Waals surface area (Å²) >= 11 is 0. The van der Waals surface area contributed by atoms with Crippen molar-refractivity contribution in [1.82, 2.24) is 9.21 Å². The number of hydrogen-bond acceptors (Lipinski definition) is 5. The molecule has 150 valence electrons. The molecule has 27 heavy (non-hydrogen) atoms. The molecule has 2 aliphatic heterocycles. The molecule has 2 aliphatic rings. The number of amides is 1. The molecule has 2 saturated heterocycles. The topological polar surface area (TPSA) is 91.8 Å². The number of carbonyl (C=O) groups is 1. The molecule has 2 heterocycles. The van der Waals surface area contributed by atoms with E-state index in [4.69, 9.17) is 0 Å². The van der Waals surface area contributed by atoms with E-state index in [0.29, 0.717) is 25.9 Å². The molecule has 0 saturated carbocycles. The zero-order valence-corrected chi connectivity index (χ0v) is 17.1. The second kappa shape index (κ2) is 7.89. The minimum atomic E-state index is -3.63. The Balaban J connectivity index is 1.51. The van der Waals surface area contributed by atoms with Crippen LogP contribution in [-0.4, -0.2) is 74.9 Å². The van der Waals surface area contributed by atoms with Crippen LogP contribution in [0, 0.1) is 6.92 Å². The number of sulfonamides is 1. The number of carbonyl (C=O) groups excluding carboxylic acids is 1. The molecule has 7 nitrogen and oxygen atoms in total. The molecule has 3 rings (SSSR count). The van der Waals surface area contributed by atoms with Crippen LogP contribution in [0.4, 0.5) is 0 Å². The lowest BCUT2D eigenvalue weighted by Crippen LogP contribution is -2.52. The molecule has 0 spiro atoms. The lowest BCUT2D eigenvalue weighted by Gasteiger charge is -2.35. The third-order valence-corrected chi connectivity index (χ3v) is 9.58. The second-order valence-corrected chi connectivity index (χ2v) is 11.8. The summed E-state index contributed by atoms with van der Waals surface area (Å²) in [7, 11) is -6.87. The average molecular weight is 415 g/mol. The Bertz CT molecular complexity index is 903. The van der Waals surface area contributed by atoms with Gasteiger partial charge in [-0.2, -0.15) is 4.31 Å². The van der Waals surface area contributed by atoms with Gasteiger partial charge in [0.15, 0.2) is 9.84 Å². The number of benzene rings is 1. The van der Waals surface area contributed by atoms with Gasteiger partial charge in [-0.05, 0) is 25.3 Å². The van der Waals surface area contributed by atoms with Gasteiger partial charge in [-0.1, -0.05) is 29.8 Å². The first-order valence-corrected chi connectivity index (χ1v) is 12.5. The van der Waals surface area contributed by atoms with Crippen LogP contribution in [0.1, 0.15) is 24.0 Å². The van der Waals surface area contributed by atoms with Gasteiger partial charge in [0.25, 0.3) is 0 Å². The number of rotatable bonds is 5. The van der Waals surface area contributed by atoms with Gasteiger partial charge < -0.3 is 4.90 Å².